The molecule has 1 saturated heterocycles. The monoisotopic (exact) mass is 444 g/mol. The quantitative estimate of drug-likeness (QED) is 0.551. The van der Waals surface area contributed by atoms with Gasteiger partial charge in [0.15, 0.2) is 11.9 Å². The molecule has 1 aliphatic rings. The van der Waals surface area contributed by atoms with E-state index >= 15 is 0 Å². The number of hydrogen-bond donors (Lipinski definition) is 1. The van der Waals surface area contributed by atoms with Gasteiger partial charge in [0.2, 0.25) is 0 Å². The first-order chi connectivity index (χ1) is 15.9. The first-order valence-electron chi connectivity index (χ1n) is 11.6. The Labute approximate surface area is 196 Å². The molecule has 1 N–H and O–H groups in total. The summed E-state index contributed by atoms with van der Waals surface area (Å²) in [5.74, 6) is 2.26. The Kier molecular flexibility index (Phi) is 6.92. The van der Waals surface area contributed by atoms with Crippen LogP contribution in [0.4, 0.5) is 11.5 Å². The van der Waals surface area contributed by atoms with Crippen LogP contribution in [0.25, 0.3) is 11.3 Å². The lowest BCUT2D eigenvalue weighted by molar-refractivity contribution is -0.122. The van der Waals surface area contributed by atoms with E-state index in [0.717, 1.165) is 53.0 Å². The average Bonchev–Trinajstić information content (AvgIpc) is 2.82. The molecule has 0 radical (unpaired) electrons. The molecule has 33 heavy (non-hydrogen) atoms. The van der Waals surface area contributed by atoms with Gasteiger partial charge in [0.05, 0.1) is 5.69 Å². The number of hydrogen-bond acceptors (Lipinski definition) is 5. The van der Waals surface area contributed by atoms with E-state index in [-0.39, 0.29) is 5.91 Å². The second kappa shape index (κ2) is 10.0. The van der Waals surface area contributed by atoms with Crippen LogP contribution in [0.5, 0.6) is 5.75 Å². The second-order valence-electron chi connectivity index (χ2n) is 9.04. The van der Waals surface area contributed by atoms with Crippen LogP contribution in [-0.2, 0) is 4.79 Å². The maximum absolute atomic E-state index is 12.6. The highest BCUT2D eigenvalue weighted by molar-refractivity contribution is 5.94. The Morgan fingerprint density at radius 1 is 1.03 bits per heavy atom. The number of anilines is 2. The number of carbonyl (C=O) groups excluding carboxylic acids is 1. The third-order valence-corrected chi connectivity index (χ3v) is 6.22. The number of amides is 1. The third-order valence-electron chi connectivity index (χ3n) is 6.22. The maximum atomic E-state index is 12.6. The summed E-state index contributed by atoms with van der Waals surface area (Å²) in [4.78, 5) is 14.9. The molecular formula is C27H32N4O2. The number of aryl methyl sites for hydroxylation is 2. The van der Waals surface area contributed by atoms with E-state index in [0.29, 0.717) is 5.69 Å². The average molecular weight is 445 g/mol. The van der Waals surface area contributed by atoms with Crippen LogP contribution in [0.2, 0.25) is 0 Å². The number of nitrogens with one attached hydrogen (secondary N) is 1. The van der Waals surface area contributed by atoms with E-state index in [2.05, 4.69) is 27.3 Å². The zero-order valence-electron chi connectivity index (χ0n) is 19.8. The summed E-state index contributed by atoms with van der Waals surface area (Å²) in [6.07, 6.45) is 1.79. The molecule has 172 valence electrons. The van der Waals surface area contributed by atoms with Crippen LogP contribution in [0, 0.1) is 19.8 Å². The van der Waals surface area contributed by atoms with E-state index in [4.69, 9.17) is 4.74 Å². The molecule has 1 aromatic heterocycles. The molecule has 4 rings (SSSR count). The Morgan fingerprint density at radius 2 is 1.76 bits per heavy atom. The van der Waals surface area contributed by atoms with Gasteiger partial charge in [0.1, 0.15) is 5.75 Å². The van der Waals surface area contributed by atoms with Crippen molar-refractivity contribution < 1.29 is 9.53 Å². The van der Waals surface area contributed by atoms with Crippen molar-refractivity contribution >= 4 is 17.4 Å². The molecule has 1 amide bonds. The number of benzene rings is 2. The molecule has 1 atom stereocenters. The Bertz CT molecular complexity index is 1090. The van der Waals surface area contributed by atoms with Gasteiger partial charge in [-0.05, 0) is 81.0 Å². The van der Waals surface area contributed by atoms with Crippen molar-refractivity contribution in [3.8, 4) is 17.0 Å². The predicted molar refractivity (Wildman–Crippen MR) is 133 cm³/mol. The number of ether oxygens (including phenoxy) is 1. The number of rotatable bonds is 6. The van der Waals surface area contributed by atoms with E-state index in [1.165, 1.54) is 12.8 Å². The summed E-state index contributed by atoms with van der Waals surface area (Å²) in [5, 5.41) is 11.8. The SMILES string of the molecule is Cc1ccc(C)c(OC(C)C(=O)Nc2ccc(-c3ccc(N4CCC(C)CC4)nn3)cc2)c1. The standard InChI is InChI=1S/C27H32N4O2/c1-18-13-15-31(16-14-18)26-12-11-24(29-30-26)22-7-9-23(10-8-22)28-27(32)21(4)33-25-17-19(2)5-6-20(25)3/h5-12,17-18,21H,13-16H2,1-4H3,(H,28,32). The van der Waals surface area contributed by atoms with Crippen molar-refractivity contribution in [3.63, 3.8) is 0 Å². The molecule has 1 aliphatic heterocycles. The van der Waals surface area contributed by atoms with Gasteiger partial charge < -0.3 is 15.0 Å². The molecule has 0 bridgehead atoms. The zero-order valence-corrected chi connectivity index (χ0v) is 19.8. The minimum atomic E-state index is -0.610. The van der Waals surface area contributed by atoms with Crippen LogP contribution in [0.15, 0.2) is 54.6 Å². The molecule has 0 saturated carbocycles. The van der Waals surface area contributed by atoms with Gasteiger partial charge in [-0.2, -0.15) is 0 Å². The Balaban J connectivity index is 1.36. The summed E-state index contributed by atoms with van der Waals surface area (Å²) in [7, 11) is 0. The third kappa shape index (κ3) is 5.69. The molecule has 1 unspecified atom stereocenters. The van der Waals surface area contributed by atoms with E-state index in [9.17, 15) is 4.79 Å². The van der Waals surface area contributed by atoms with Crippen LogP contribution < -0.4 is 15.0 Å². The minimum absolute atomic E-state index is 0.191. The van der Waals surface area contributed by atoms with Crippen molar-refractivity contribution in [1.82, 2.24) is 10.2 Å². The lowest BCUT2D eigenvalue weighted by atomic mass is 9.99. The number of piperidine rings is 1. The summed E-state index contributed by atoms with van der Waals surface area (Å²) < 4.78 is 5.89. The van der Waals surface area contributed by atoms with E-state index < -0.39 is 6.10 Å². The fraction of sp³-hybridized carbons (Fsp3) is 0.370. The highest BCUT2D eigenvalue weighted by Crippen LogP contribution is 2.24. The molecule has 0 spiro atoms. The van der Waals surface area contributed by atoms with Gasteiger partial charge in [-0.3, -0.25) is 4.79 Å². The highest BCUT2D eigenvalue weighted by Gasteiger charge is 2.18. The summed E-state index contributed by atoms with van der Waals surface area (Å²) in [6.45, 7) is 10.1. The second-order valence-corrected chi connectivity index (χ2v) is 9.04. The lowest BCUT2D eigenvalue weighted by Crippen LogP contribution is -2.33. The van der Waals surface area contributed by atoms with Gasteiger partial charge in [-0.15, -0.1) is 10.2 Å². The first kappa shape index (κ1) is 22.8. The molecule has 6 nitrogen and oxygen atoms in total. The number of nitrogens with zero attached hydrogens (tertiary/aromatic N) is 3. The van der Waals surface area contributed by atoms with Crippen molar-refractivity contribution in [2.75, 3.05) is 23.3 Å². The van der Waals surface area contributed by atoms with Crippen molar-refractivity contribution in [1.29, 1.82) is 0 Å². The highest BCUT2D eigenvalue weighted by atomic mass is 16.5. The van der Waals surface area contributed by atoms with Gasteiger partial charge in [-0.25, -0.2) is 0 Å². The molecule has 0 aliphatic carbocycles. The first-order valence-corrected chi connectivity index (χ1v) is 11.6. The minimum Gasteiger partial charge on any atom is -0.481 e. The fourth-order valence-electron chi connectivity index (χ4n) is 3.93. The van der Waals surface area contributed by atoms with E-state index in [1.807, 2.05) is 68.4 Å². The van der Waals surface area contributed by atoms with Crippen LogP contribution in [0.1, 0.15) is 37.8 Å². The van der Waals surface area contributed by atoms with Crippen LogP contribution in [0.3, 0.4) is 0 Å². The normalized spacial score (nSPS) is 15.2. The molecule has 2 aromatic carbocycles. The van der Waals surface area contributed by atoms with Crippen molar-refractivity contribution in [2.45, 2.75) is 46.6 Å². The van der Waals surface area contributed by atoms with E-state index in [1.54, 1.807) is 6.92 Å². The molecule has 1 fully saturated rings. The summed E-state index contributed by atoms with van der Waals surface area (Å²) >= 11 is 0. The number of carbonyl (C=O) groups is 1. The maximum Gasteiger partial charge on any atom is 0.265 e. The van der Waals surface area contributed by atoms with Crippen LogP contribution in [-0.4, -0.2) is 35.3 Å². The topological polar surface area (TPSA) is 67.3 Å². The zero-order chi connectivity index (χ0) is 23.4. The fourth-order valence-corrected chi connectivity index (χ4v) is 3.93. The van der Waals surface area contributed by atoms with Gasteiger partial charge >= 0.3 is 0 Å². The number of aromatic nitrogens is 2. The van der Waals surface area contributed by atoms with Crippen molar-refractivity contribution in [3.05, 3.63) is 65.7 Å². The van der Waals surface area contributed by atoms with Gasteiger partial charge in [0.25, 0.3) is 5.91 Å². The van der Waals surface area contributed by atoms with Gasteiger partial charge in [0, 0.05) is 24.3 Å². The Hall–Kier alpha value is -3.41. The lowest BCUT2D eigenvalue weighted by Gasteiger charge is -2.30. The molecule has 6 heteroatoms. The smallest absolute Gasteiger partial charge is 0.265 e. The summed E-state index contributed by atoms with van der Waals surface area (Å²) in [6, 6.07) is 17.7. The Morgan fingerprint density at radius 3 is 2.42 bits per heavy atom. The summed E-state index contributed by atoms with van der Waals surface area (Å²) in [5.41, 5.74) is 4.59. The largest absolute Gasteiger partial charge is 0.481 e. The van der Waals surface area contributed by atoms with Gasteiger partial charge in [-0.1, -0.05) is 31.2 Å². The molecule has 2 heterocycles. The molecule has 3 aromatic rings. The van der Waals surface area contributed by atoms with Crippen LogP contribution >= 0.6 is 0 Å². The van der Waals surface area contributed by atoms with Crippen molar-refractivity contribution in [2.24, 2.45) is 5.92 Å². The molecular weight excluding hydrogens is 412 g/mol. The predicted octanol–water partition coefficient (Wildman–Crippen LogP) is 5.40.